The molecule has 0 aromatic carbocycles. The van der Waals surface area contributed by atoms with E-state index in [9.17, 15) is 4.79 Å². The molecule has 2 aromatic heterocycles. The standard InChI is InChI=1S/C17H23N5O2/c1-12-15(13(2)24-21-12)10-16(23)19-11-14-6-7-18-17(20-14)22-8-4-3-5-9-22/h6-7H,3-5,8-11H2,1-2H3,(H,19,23). The zero-order valence-electron chi connectivity index (χ0n) is 14.2. The SMILES string of the molecule is Cc1noc(C)c1CC(=O)NCc1ccnc(N2CCCCC2)n1. The molecule has 1 amide bonds. The van der Waals surface area contributed by atoms with Crippen LogP contribution in [0.5, 0.6) is 0 Å². The van der Waals surface area contributed by atoms with Crippen molar-refractivity contribution < 1.29 is 9.32 Å². The van der Waals surface area contributed by atoms with E-state index in [-0.39, 0.29) is 12.3 Å². The second-order valence-corrected chi connectivity index (χ2v) is 6.15. The van der Waals surface area contributed by atoms with Crippen LogP contribution in [0, 0.1) is 13.8 Å². The highest BCUT2D eigenvalue weighted by molar-refractivity contribution is 5.78. The predicted molar refractivity (Wildman–Crippen MR) is 89.6 cm³/mol. The van der Waals surface area contributed by atoms with Crippen LogP contribution in [0.1, 0.15) is 42.0 Å². The monoisotopic (exact) mass is 329 g/mol. The summed E-state index contributed by atoms with van der Waals surface area (Å²) in [5.74, 6) is 1.38. The number of nitrogens with one attached hydrogen (secondary N) is 1. The first kappa shape index (κ1) is 16.4. The number of aromatic nitrogens is 3. The number of piperidine rings is 1. The van der Waals surface area contributed by atoms with Gasteiger partial charge in [-0.05, 0) is 39.2 Å². The largest absolute Gasteiger partial charge is 0.361 e. The highest BCUT2D eigenvalue weighted by atomic mass is 16.5. The van der Waals surface area contributed by atoms with Gasteiger partial charge in [0, 0.05) is 24.8 Å². The van der Waals surface area contributed by atoms with E-state index in [1.807, 2.05) is 19.9 Å². The summed E-state index contributed by atoms with van der Waals surface area (Å²) in [5, 5.41) is 6.77. The summed E-state index contributed by atoms with van der Waals surface area (Å²) in [4.78, 5) is 23.3. The molecule has 7 nitrogen and oxygen atoms in total. The van der Waals surface area contributed by atoms with E-state index >= 15 is 0 Å². The Morgan fingerprint density at radius 1 is 1.29 bits per heavy atom. The molecule has 0 unspecified atom stereocenters. The Morgan fingerprint density at radius 3 is 2.79 bits per heavy atom. The van der Waals surface area contributed by atoms with Gasteiger partial charge >= 0.3 is 0 Å². The first-order valence-corrected chi connectivity index (χ1v) is 8.39. The zero-order chi connectivity index (χ0) is 16.9. The minimum atomic E-state index is -0.0671. The molecule has 0 aliphatic carbocycles. The van der Waals surface area contributed by atoms with Crippen molar-refractivity contribution in [3.05, 3.63) is 35.0 Å². The van der Waals surface area contributed by atoms with Crippen molar-refractivity contribution in [3.63, 3.8) is 0 Å². The average Bonchev–Trinajstić information content (AvgIpc) is 2.93. The topological polar surface area (TPSA) is 84.2 Å². The average molecular weight is 329 g/mol. The van der Waals surface area contributed by atoms with Crippen molar-refractivity contribution >= 4 is 11.9 Å². The summed E-state index contributed by atoms with van der Waals surface area (Å²) in [7, 11) is 0. The Bertz CT molecular complexity index is 687. The molecule has 0 saturated carbocycles. The molecule has 1 aliphatic heterocycles. The maximum atomic E-state index is 12.1. The predicted octanol–water partition coefficient (Wildman–Crippen LogP) is 1.93. The molecule has 1 saturated heterocycles. The van der Waals surface area contributed by atoms with Gasteiger partial charge < -0.3 is 14.7 Å². The van der Waals surface area contributed by atoms with Crippen LogP contribution in [0.4, 0.5) is 5.95 Å². The van der Waals surface area contributed by atoms with Gasteiger partial charge in [-0.2, -0.15) is 0 Å². The van der Waals surface area contributed by atoms with E-state index in [0.717, 1.165) is 36.0 Å². The van der Waals surface area contributed by atoms with Gasteiger partial charge in [0.05, 0.1) is 24.4 Å². The number of hydrogen-bond donors (Lipinski definition) is 1. The highest BCUT2D eigenvalue weighted by Gasteiger charge is 2.15. The first-order chi connectivity index (χ1) is 11.6. The van der Waals surface area contributed by atoms with Crippen molar-refractivity contribution in [2.75, 3.05) is 18.0 Å². The molecule has 3 heterocycles. The van der Waals surface area contributed by atoms with Crippen LogP contribution >= 0.6 is 0 Å². The number of nitrogens with zero attached hydrogens (tertiary/aromatic N) is 4. The van der Waals surface area contributed by atoms with Crippen molar-refractivity contribution in [2.24, 2.45) is 0 Å². The smallest absolute Gasteiger partial charge is 0.225 e. The van der Waals surface area contributed by atoms with E-state index in [1.54, 1.807) is 6.20 Å². The van der Waals surface area contributed by atoms with Crippen LogP contribution in [0.15, 0.2) is 16.8 Å². The lowest BCUT2D eigenvalue weighted by Crippen LogP contribution is -2.31. The van der Waals surface area contributed by atoms with Gasteiger partial charge in [-0.25, -0.2) is 9.97 Å². The van der Waals surface area contributed by atoms with E-state index in [2.05, 4.69) is 25.3 Å². The molecule has 128 valence electrons. The Labute approximate surface area is 141 Å². The maximum absolute atomic E-state index is 12.1. The van der Waals surface area contributed by atoms with Crippen molar-refractivity contribution in [2.45, 2.75) is 46.1 Å². The van der Waals surface area contributed by atoms with Crippen molar-refractivity contribution in [1.82, 2.24) is 20.4 Å². The fraction of sp³-hybridized carbons (Fsp3) is 0.529. The van der Waals surface area contributed by atoms with Gasteiger partial charge in [0.15, 0.2) is 0 Å². The molecule has 3 rings (SSSR count). The molecular weight excluding hydrogens is 306 g/mol. The van der Waals surface area contributed by atoms with E-state index in [1.165, 1.54) is 19.3 Å². The van der Waals surface area contributed by atoms with Gasteiger partial charge in [-0.3, -0.25) is 4.79 Å². The van der Waals surface area contributed by atoms with Crippen LogP contribution in [0.25, 0.3) is 0 Å². The van der Waals surface area contributed by atoms with E-state index < -0.39 is 0 Å². The third-order valence-electron chi connectivity index (χ3n) is 4.32. The molecule has 1 aliphatic rings. The second kappa shape index (κ2) is 7.42. The van der Waals surface area contributed by atoms with E-state index in [4.69, 9.17) is 4.52 Å². The molecule has 0 spiro atoms. The summed E-state index contributed by atoms with van der Waals surface area (Å²) in [6.07, 6.45) is 5.66. The molecule has 1 N–H and O–H groups in total. The third-order valence-corrected chi connectivity index (χ3v) is 4.32. The zero-order valence-corrected chi connectivity index (χ0v) is 14.2. The van der Waals surface area contributed by atoms with Gasteiger partial charge in [0.1, 0.15) is 5.76 Å². The number of rotatable bonds is 5. The summed E-state index contributed by atoms with van der Waals surface area (Å²) < 4.78 is 5.09. The van der Waals surface area contributed by atoms with Crippen LogP contribution in [0.2, 0.25) is 0 Å². The third kappa shape index (κ3) is 3.90. The number of carbonyl (C=O) groups excluding carboxylic acids is 1. The minimum absolute atomic E-state index is 0.0671. The van der Waals surface area contributed by atoms with Crippen molar-refractivity contribution in [3.8, 4) is 0 Å². The fourth-order valence-electron chi connectivity index (χ4n) is 2.90. The lowest BCUT2D eigenvalue weighted by atomic mass is 10.1. The van der Waals surface area contributed by atoms with Crippen LogP contribution < -0.4 is 10.2 Å². The normalized spacial score (nSPS) is 14.7. The van der Waals surface area contributed by atoms with Crippen LogP contribution in [-0.4, -0.2) is 34.1 Å². The molecular formula is C17H23N5O2. The number of carbonyl (C=O) groups is 1. The number of hydrogen-bond acceptors (Lipinski definition) is 6. The second-order valence-electron chi connectivity index (χ2n) is 6.15. The van der Waals surface area contributed by atoms with Gasteiger partial charge in [-0.15, -0.1) is 0 Å². The Kier molecular flexibility index (Phi) is 5.08. The Hall–Kier alpha value is -2.44. The molecule has 2 aromatic rings. The molecule has 7 heteroatoms. The molecule has 1 fully saturated rings. The summed E-state index contributed by atoms with van der Waals surface area (Å²) in [6.45, 7) is 6.06. The van der Waals surface area contributed by atoms with Gasteiger partial charge in [0.2, 0.25) is 11.9 Å². The quantitative estimate of drug-likeness (QED) is 0.902. The summed E-state index contributed by atoms with van der Waals surface area (Å²) in [5.41, 5.74) is 2.43. The van der Waals surface area contributed by atoms with Crippen molar-refractivity contribution in [1.29, 1.82) is 0 Å². The van der Waals surface area contributed by atoms with E-state index in [0.29, 0.717) is 12.3 Å². The van der Waals surface area contributed by atoms with Crippen LogP contribution in [-0.2, 0) is 17.8 Å². The minimum Gasteiger partial charge on any atom is -0.361 e. The highest BCUT2D eigenvalue weighted by Crippen LogP contribution is 2.15. The molecule has 24 heavy (non-hydrogen) atoms. The molecule has 0 radical (unpaired) electrons. The first-order valence-electron chi connectivity index (χ1n) is 8.39. The summed E-state index contributed by atoms with van der Waals surface area (Å²) in [6, 6.07) is 1.84. The summed E-state index contributed by atoms with van der Waals surface area (Å²) >= 11 is 0. The lowest BCUT2D eigenvalue weighted by Gasteiger charge is -2.26. The Morgan fingerprint density at radius 2 is 2.08 bits per heavy atom. The molecule has 0 atom stereocenters. The van der Waals surface area contributed by atoms with Gasteiger partial charge in [0.25, 0.3) is 0 Å². The van der Waals surface area contributed by atoms with Crippen LogP contribution in [0.3, 0.4) is 0 Å². The number of amides is 1. The molecule has 0 bridgehead atoms. The Balaban J connectivity index is 1.57. The lowest BCUT2D eigenvalue weighted by molar-refractivity contribution is -0.120. The maximum Gasteiger partial charge on any atom is 0.225 e. The number of aryl methyl sites for hydroxylation is 2. The fourth-order valence-corrected chi connectivity index (χ4v) is 2.90. The number of anilines is 1. The van der Waals surface area contributed by atoms with Gasteiger partial charge in [-0.1, -0.05) is 5.16 Å².